The lowest BCUT2D eigenvalue weighted by Crippen LogP contribution is -2.33. The topological polar surface area (TPSA) is 66.9 Å². The molecule has 0 radical (unpaired) electrons. The Bertz CT molecular complexity index is 706. The van der Waals surface area contributed by atoms with Crippen molar-refractivity contribution in [1.82, 2.24) is 15.5 Å². The number of aryl methyl sites for hydroxylation is 2. The molecule has 0 unspecified atom stereocenters. The van der Waals surface area contributed by atoms with E-state index in [-0.39, 0.29) is 11.9 Å². The van der Waals surface area contributed by atoms with Crippen LogP contribution in [0.4, 0.5) is 11.5 Å². The summed E-state index contributed by atoms with van der Waals surface area (Å²) in [5.41, 5.74) is 3.84. The number of nitrogens with zero attached hydrogens (tertiary/aromatic N) is 2. The van der Waals surface area contributed by atoms with E-state index in [2.05, 4.69) is 52.9 Å². The quantitative estimate of drug-likeness (QED) is 0.879. The lowest BCUT2D eigenvalue weighted by molar-refractivity contribution is 0.0932. The Morgan fingerprint density at radius 2 is 1.96 bits per heavy atom. The highest BCUT2D eigenvalue weighted by Gasteiger charge is 2.18. The summed E-state index contributed by atoms with van der Waals surface area (Å²) in [5, 5.41) is 14.6. The molecule has 3 rings (SSSR count). The average Bonchev–Trinajstić information content (AvgIpc) is 3.10. The van der Waals surface area contributed by atoms with Crippen LogP contribution in [0.15, 0.2) is 30.3 Å². The number of rotatable bonds is 5. The van der Waals surface area contributed by atoms with Crippen LogP contribution >= 0.6 is 0 Å². The minimum atomic E-state index is -0.133. The summed E-state index contributed by atoms with van der Waals surface area (Å²) in [6, 6.07) is 10.0. The summed E-state index contributed by atoms with van der Waals surface area (Å²) < 4.78 is 0. The van der Waals surface area contributed by atoms with Gasteiger partial charge in [0, 0.05) is 11.7 Å². The van der Waals surface area contributed by atoms with Gasteiger partial charge in [-0.1, -0.05) is 38.0 Å². The monoisotopic (exact) mass is 324 g/mol. The minimum absolute atomic E-state index is 0.133. The predicted molar refractivity (Wildman–Crippen MR) is 95.6 cm³/mol. The second kappa shape index (κ2) is 7.43. The summed E-state index contributed by atoms with van der Waals surface area (Å²) in [6.07, 6.45) is 5.45. The lowest BCUT2D eigenvalue weighted by atomic mass is 10.1. The van der Waals surface area contributed by atoms with E-state index < -0.39 is 0 Å². The molecule has 2 N–H and O–H groups in total. The van der Waals surface area contributed by atoms with Gasteiger partial charge >= 0.3 is 0 Å². The first kappa shape index (κ1) is 16.4. The van der Waals surface area contributed by atoms with Gasteiger partial charge < -0.3 is 10.6 Å². The predicted octanol–water partition coefficient (Wildman–Crippen LogP) is 3.76. The highest BCUT2D eigenvalue weighted by Crippen LogP contribution is 2.24. The van der Waals surface area contributed by atoms with E-state index in [0.29, 0.717) is 11.5 Å². The van der Waals surface area contributed by atoms with E-state index in [4.69, 9.17) is 0 Å². The molecule has 1 heterocycles. The van der Waals surface area contributed by atoms with Crippen LogP contribution < -0.4 is 10.6 Å². The zero-order valence-electron chi connectivity index (χ0n) is 14.3. The molecule has 0 aliphatic heterocycles. The molecule has 1 saturated carbocycles. The van der Waals surface area contributed by atoms with Crippen LogP contribution in [0, 0.1) is 6.92 Å². The van der Waals surface area contributed by atoms with Crippen molar-refractivity contribution in [3.8, 4) is 0 Å². The normalized spacial score (nSPS) is 14.6. The molecule has 1 aromatic heterocycles. The number of amides is 1. The maximum Gasteiger partial charge on any atom is 0.272 e. The van der Waals surface area contributed by atoms with E-state index in [1.54, 1.807) is 6.07 Å². The molecule has 1 aliphatic carbocycles. The van der Waals surface area contributed by atoms with Gasteiger partial charge in [0.15, 0.2) is 11.5 Å². The van der Waals surface area contributed by atoms with Gasteiger partial charge in [0.2, 0.25) is 0 Å². The van der Waals surface area contributed by atoms with Crippen molar-refractivity contribution < 1.29 is 4.79 Å². The molecular weight excluding hydrogens is 300 g/mol. The van der Waals surface area contributed by atoms with Gasteiger partial charge in [0.1, 0.15) is 0 Å². The number of para-hydroxylation sites is 1. The van der Waals surface area contributed by atoms with Gasteiger partial charge in [-0.3, -0.25) is 4.79 Å². The van der Waals surface area contributed by atoms with Crippen molar-refractivity contribution in [2.24, 2.45) is 0 Å². The van der Waals surface area contributed by atoms with E-state index >= 15 is 0 Å². The number of nitrogens with one attached hydrogen (secondary N) is 2. The van der Waals surface area contributed by atoms with Gasteiger partial charge in [-0.05, 0) is 49.4 Å². The molecule has 1 aliphatic rings. The van der Waals surface area contributed by atoms with Crippen molar-refractivity contribution in [2.45, 2.75) is 52.0 Å². The standard InChI is InChI=1S/C19H24N4O/c1-3-14-8-6-7-13(2)18(14)21-17-12-11-16(22-23-17)19(24)20-15-9-4-5-10-15/h6-8,11-12,15H,3-5,9-10H2,1-2H3,(H,20,24)(H,21,23). The fourth-order valence-corrected chi connectivity index (χ4v) is 3.18. The molecule has 0 spiro atoms. The number of aromatic nitrogens is 2. The Balaban J connectivity index is 1.69. The molecule has 24 heavy (non-hydrogen) atoms. The Morgan fingerprint density at radius 1 is 1.17 bits per heavy atom. The molecule has 126 valence electrons. The molecule has 5 nitrogen and oxygen atoms in total. The maximum atomic E-state index is 12.2. The van der Waals surface area contributed by atoms with Gasteiger partial charge in [-0.2, -0.15) is 0 Å². The van der Waals surface area contributed by atoms with Gasteiger partial charge in [-0.15, -0.1) is 10.2 Å². The first-order valence-corrected chi connectivity index (χ1v) is 8.67. The zero-order chi connectivity index (χ0) is 16.9. The Morgan fingerprint density at radius 3 is 2.62 bits per heavy atom. The van der Waals surface area contributed by atoms with Crippen LogP contribution in [0.2, 0.25) is 0 Å². The van der Waals surface area contributed by atoms with Crippen LogP contribution in [0.5, 0.6) is 0 Å². The molecule has 1 aromatic carbocycles. The highest BCUT2D eigenvalue weighted by molar-refractivity contribution is 5.92. The first-order valence-electron chi connectivity index (χ1n) is 8.67. The number of hydrogen-bond donors (Lipinski definition) is 2. The first-order chi connectivity index (χ1) is 11.7. The van der Waals surface area contributed by atoms with E-state index in [1.165, 1.54) is 24.0 Å². The number of carbonyl (C=O) groups excluding carboxylic acids is 1. The van der Waals surface area contributed by atoms with Crippen molar-refractivity contribution in [3.05, 3.63) is 47.2 Å². The van der Waals surface area contributed by atoms with Gasteiger partial charge in [0.25, 0.3) is 5.91 Å². The van der Waals surface area contributed by atoms with Crippen molar-refractivity contribution in [2.75, 3.05) is 5.32 Å². The summed E-state index contributed by atoms with van der Waals surface area (Å²) in [7, 11) is 0. The van der Waals surface area contributed by atoms with E-state index in [1.807, 2.05) is 6.07 Å². The Labute approximate surface area is 142 Å². The third-order valence-electron chi connectivity index (χ3n) is 4.58. The second-order valence-corrected chi connectivity index (χ2v) is 6.35. The highest BCUT2D eigenvalue weighted by atomic mass is 16.2. The average molecular weight is 324 g/mol. The van der Waals surface area contributed by atoms with Crippen LogP contribution in [0.1, 0.15) is 54.2 Å². The molecule has 5 heteroatoms. The van der Waals surface area contributed by atoms with Gasteiger partial charge in [-0.25, -0.2) is 0 Å². The third-order valence-corrected chi connectivity index (χ3v) is 4.58. The minimum Gasteiger partial charge on any atom is -0.348 e. The smallest absolute Gasteiger partial charge is 0.272 e. The molecule has 1 fully saturated rings. The third kappa shape index (κ3) is 3.72. The summed E-state index contributed by atoms with van der Waals surface area (Å²) in [6.45, 7) is 4.19. The molecule has 1 amide bonds. The maximum absolute atomic E-state index is 12.2. The molecule has 0 atom stereocenters. The SMILES string of the molecule is CCc1cccc(C)c1Nc1ccc(C(=O)NC2CCCC2)nn1. The van der Waals surface area contributed by atoms with Crippen molar-refractivity contribution in [3.63, 3.8) is 0 Å². The summed E-state index contributed by atoms with van der Waals surface area (Å²) >= 11 is 0. The van der Waals surface area contributed by atoms with Gasteiger partial charge in [0.05, 0.1) is 0 Å². The van der Waals surface area contributed by atoms with Crippen LogP contribution in [0.3, 0.4) is 0 Å². The zero-order valence-corrected chi connectivity index (χ0v) is 14.3. The molecule has 0 saturated heterocycles. The van der Waals surface area contributed by atoms with Crippen LogP contribution in [-0.2, 0) is 6.42 Å². The fourth-order valence-electron chi connectivity index (χ4n) is 3.18. The molecular formula is C19H24N4O. The Hall–Kier alpha value is -2.43. The lowest BCUT2D eigenvalue weighted by Gasteiger charge is -2.14. The number of benzene rings is 1. The number of carbonyl (C=O) groups is 1. The second-order valence-electron chi connectivity index (χ2n) is 6.35. The van der Waals surface area contributed by atoms with Crippen LogP contribution in [-0.4, -0.2) is 22.1 Å². The van der Waals surface area contributed by atoms with E-state index in [9.17, 15) is 4.79 Å². The van der Waals surface area contributed by atoms with Crippen molar-refractivity contribution >= 4 is 17.4 Å². The summed E-state index contributed by atoms with van der Waals surface area (Å²) in [4.78, 5) is 12.2. The number of anilines is 2. The van der Waals surface area contributed by atoms with E-state index in [0.717, 1.165) is 24.9 Å². The van der Waals surface area contributed by atoms with Crippen LogP contribution in [0.25, 0.3) is 0 Å². The molecule has 0 bridgehead atoms. The number of hydrogen-bond acceptors (Lipinski definition) is 4. The summed E-state index contributed by atoms with van der Waals surface area (Å²) in [5.74, 6) is 0.516. The Kier molecular flexibility index (Phi) is 5.08. The fraction of sp³-hybridized carbons (Fsp3) is 0.421. The van der Waals surface area contributed by atoms with Crippen molar-refractivity contribution in [1.29, 1.82) is 0 Å². The largest absolute Gasteiger partial charge is 0.348 e. The molecule has 2 aromatic rings.